The molecule has 0 radical (unpaired) electrons. The molecule has 1 fully saturated rings. The predicted octanol–water partition coefficient (Wildman–Crippen LogP) is 1.65. The number of rotatable bonds is 4. The van der Waals surface area contributed by atoms with Gasteiger partial charge in [-0.15, -0.1) is 11.8 Å². The van der Waals surface area contributed by atoms with E-state index in [1.807, 2.05) is 19.1 Å². The van der Waals surface area contributed by atoms with Crippen LogP contribution in [0.25, 0.3) is 0 Å². The van der Waals surface area contributed by atoms with Gasteiger partial charge in [0.1, 0.15) is 6.04 Å². The Balaban J connectivity index is 2.27. The van der Waals surface area contributed by atoms with Crippen molar-refractivity contribution in [3.8, 4) is 6.07 Å². The molecule has 1 saturated heterocycles. The number of nitrogens with one attached hydrogen (secondary N) is 1. The Labute approximate surface area is 128 Å². The quantitative estimate of drug-likeness (QED) is 0.858. The van der Waals surface area contributed by atoms with Crippen molar-refractivity contribution in [1.82, 2.24) is 10.2 Å². The molecule has 0 aliphatic carbocycles. The standard InChI is InChI=1S/C15H17N3O2S/c1-2-12-14(19)17-8-9-18(12)15(20)11-5-3-4-6-13(11)21-10-7-16/h3-6,12H,2,8-10H2,1H3,(H,17,19). The van der Waals surface area contributed by atoms with Gasteiger partial charge in [-0.05, 0) is 18.6 Å². The van der Waals surface area contributed by atoms with Crippen LogP contribution >= 0.6 is 11.8 Å². The fourth-order valence-corrected chi connectivity index (χ4v) is 3.10. The molecule has 1 N–H and O–H groups in total. The van der Waals surface area contributed by atoms with Crippen molar-refractivity contribution in [1.29, 1.82) is 5.26 Å². The van der Waals surface area contributed by atoms with E-state index >= 15 is 0 Å². The molecule has 2 amide bonds. The van der Waals surface area contributed by atoms with E-state index in [4.69, 9.17) is 5.26 Å². The highest BCUT2D eigenvalue weighted by atomic mass is 32.2. The first-order chi connectivity index (χ1) is 10.2. The summed E-state index contributed by atoms with van der Waals surface area (Å²) in [6.45, 7) is 2.89. The number of amides is 2. The number of nitrogens with zero attached hydrogens (tertiary/aromatic N) is 2. The van der Waals surface area contributed by atoms with Gasteiger partial charge in [-0.25, -0.2) is 0 Å². The molecule has 5 nitrogen and oxygen atoms in total. The lowest BCUT2D eigenvalue weighted by Crippen LogP contribution is -2.56. The summed E-state index contributed by atoms with van der Waals surface area (Å²) in [4.78, 5) is 27.0. The van der Waals surface area contributed by atoms with Crippen LogP contribution in [0.3, 0.4) is 0 Å². The minimum absolute atomic E-state index is 0.0979. The maximum Gasteiger partial charge on any atom is 0.255 e. The van der Waals surface area contributed by atoms with E-state index in [-0.39, 0.29) is 11.8 Å². The summed E-state index contributed by atoms with van der Waals surface area (Å²) in [6, 6.07) is 8.88. The van der Waals surface area contributed by atoms with E-state index in [1.54, 1.807) is 17.0 Å². The number of benzene rings is 1. The van der Waals surface area contributed by atoms with E-state index < -0.39 is 6.04 Å². The Kier molecular flexibility index (Phi) is 5.23. The molecule has 1 heterocycles. The topological polar surface area (TPSA) is 73.2 Å². The smallest absolute Gasteiger partial charge is 0.255 e. The third-order valence-corrected chi connectivity index (χ3v) is 4.33. The van der Waals surface area contributed by atoms with Crippen molar-refractivity contribution in [2.75, 3.05) is 18.8 Å². The van der Waals surface area contributed by atoms with Gasteiger partial charge < -0.3 is 10.2 Å². The van der Waals surface area contributed by atoms with Gasteiger partial charge in [-0.3, -0.25) is 9.59 Å². The van der Waals surface area contributed by atoms with Gasteiger partial charge in [-0.1, -0.05) is 19.1 Å². The summed E-state index contributed by atoms with van der Waals surface area (Å²) in [6.07, 6.45) is 0.588. The normalized spacial score (nSPS) is 18.0. The van der Waals surface area contributed by atoms with Crippen LogP contribution in [0.2, 0.25) is 0 Å². The molecule has 1 aromatic carbocycles. The molecular formula is C15H17N3O2S. The van der Waals surface area contributed by atoms with E-state index in [0.29, 0.717) is 30.8 Å². The first-order valence-corrected chi connectivity index (χ1v) is 7.85. The molecule has 0 spiro atoms. The summed E-state index contributed by atoms with van der Waals surface area (Å²) in [5.41, 5.74) is 0.561. The van der Waals surface area contributed by atoms with Crippen molar-refractivity contribution in [2.24, 2.45) is 0 Å². The second kappa shape index (κ2) is 7.14. The van der Waals surface area contributed by atoms with Crippen molar-refractivity contribution in [3.05, 3.63) is 29.8 Å². The van der Waals surface area contributed by atoms with Gasteiger partial charge in [0.2, 0.25) is 5.91 Å². The minimum Gasteiger partial charge on any atom is -0.353 e. The Hall–Kier alpha value is -2.00. The lowest BCUT2D eigenvalue weighted by Gasteiger charge is -2.34. The highest BCUT2D eigenvalue weighted by Gasteiger charge is 2.32. The molecule has 2 rings (SSSR count). The number of nitriles is 1. The highest BCUT2D eigenvalue weighted by Crippen LogP contribution is 2.25. The lowest BCUT2D eigenvalue weighted by molar-refractivity contribution is -0.127. The zero-order valence-electron chi connectivity index (χ0n) is 11.8. The third-order valence-electron chi connectivity index (χ3n) is 3.39. The zero-order valence-corrected chi connectivity index (χ0v) is 12.7. The van der Waals surface area contributed by atoms with Crippen LogP contribution in [0.15, 0.2) is 29.2 Å². The number of piperazine rings is 1. The molecule has 0 aromatic heterocycles. The number of hydrogen-bond donors (Lipinski definition) is 1. The van der Waals surface area contributed by atoms with Gasteiger partial charge in [0.15, 0.2) is 0 Å². The predicted molar refractivity (Wildman–Crippen MR) is 80.9 cm³/mol. The molecule has 0 saturated carbocycles. The number of carbonyl (C=O) groups is 2. The fourth-order valence-electron chi connectivity index (χ4n) is 2.40. The first kappa shape index (κ1) is 15.4. The van der Waals surface area contributed by atoms with E-state index in [9.17, 15) is 9.59 Å². The fraction of sp³-hybridized carbons (Fsp3) is 0.400. The van der Waals surface area contributed by atoms with Gasteiger partial charge >= 0.3 is 0 Å². The summed E-state index contributed by atoms with van der Waals surface area (Å²) >= 11 is 1.34. The lowest BCUT2D eigenvalue weighted by atomic mass is 10.1. The second-order valence-corrected chi connectivity index (χ2v) is 5.67. The SMILES string of the molecule is CCC1C(=O)NCCN1C(=O)c1ccccc1SCC#N. The van der Waals surface area contributed by atoms with Gasteiger partial charge in [-0.2, -0.15) is 5.26 Å². The van der Waals surface area contributed by atoms with Crippen LogP contribution in [-0.4, -0.2) is 41.6 Å². The highest BCUT2D eigenvalue weighted by molar-refractivity contribution is 7.99. The molecule has 1 aliphatic rings. The Morgan fingerprint density at radius 1 is 1.52 bits per heavy atom. The molecule has 6 heteroatoms. The third kappa shape index (κ3) is 3.37. The van der Waals surface area contributed by atoms with Gasteiger partial charge in [0.25, 0.3) is 5.91 Å². The van der Waals surface area contributed by atoms with Crippen LogP contribution in [0.4, 0.5) is 0 Å². The van der Waals surface area contributed by atoms with E-state index in [0.717, 1.165) is 4.90 Å². The maximum absolute atomic E-state index is 12.7. The Morgan fingerprint density at radius 3 is 3.00 bits per heavy atom. The van der Waals surface area contributed by atoms with Crippen LogP contribution in [0, 0.1) is 11.3 Å². The molecule has 1 aliphatic heterocycles. The average molecular weight is 303 g/mol. The molecule has 110 valence electrons. The minimum atomic E-state index is -0.416. The van der Waals surface area contributed by atoms with Crippen molar-refractivity contribution < 1.29 is 9.59 Å². The number of carbonyl (C=O) groups excluding carboxylic acids is 2. The summed E-state index contributed by atoms with van der Waals surface area (Å²) in [5.74, 6) is 0.0547. The first-order valence-electron chi connectivity index (χ1n) is 6.86. The molecule has 1 aromatic rings. The zero-order chi connectivity index (χ0) is 15.2. The molecule has 21 heavy (non-hydrogen) atoms. The van der Waals surface area contributed by atoms with Gasteiger partial charge in [0, 0.05) is 18.0 Å². The van der Waals surface area contributed by atoms with Crippen LogP contribution in [-0.2, 0) is 4.79 Å². The van der Waals surface area contributed by atoms with Crippen molar-refractivity contribution >= 4 is 23.6 Å². The van der Waals surface area contributed by atoms with Crippen LogP contribution < -0.4 is 5.32 Å². The van der Waals surface area contributed by atoms with Crippen molar-refractivity contribution in [2.45, 2.75) is 24.3 Å². The number of thioether (sulfide) groups is 1. The van der Waals surface area contributed by atoms with Gasteiger partial charge in [0.05, 0.1) is 17.4 Å². The molecule has 1 atom stereocenters. The average Bonchev–Trinajstić information content (AvgIpc) is 2.52. The number of hydrogen-bond acceptors (Lipinski definition) is 4. The summed E-state index contributed by atoms with van der Waals surface area (Å²) in [7, 11) is 0. The molecule has 1 unspecified atom stereocenters. The molecular weight excluding hydrogens is 286 g/mol. The monoisotopic (exact) mass is 303 g/mol. The van der Waals surface area contributed by atoms with Crippen molar-refractivity contribution in [3.63, 3.8) is 0 Å². The van der Waals surface area contributed by atoms with E-state index in [2.05, 4.69) is 11.4 Å². The maximum atomic E-state index is 12.7. The Bertz CT molecular complexity index is 583. The molecule has 0 bridgehead atoms. The largest absolute Gasteiger partial charge is 0.353 e. The summed E-state index contributed by atoms with van der Waals surface area (Å²) in [5, 5.41) is 11.5. The van der Waals surface area contributed by atoms with E-state index in [1.165, 1.54) is 11.8 Å². The van der Waals surface area contributed by atoms with Crippen LogP contribution in [0.1, 0.15) is 23.7 Å². The summed E-state index contributed by atoms with van der Waals surface area (Å²) < 4.78 is 0. The van der Waals surface area contributed by atoms with Crippen LogP contribution in [0.5, 0.6) is 0 Å². The Morgan fingerprint density at radius 2 is 2.29 bits per heavy atom. The second-order valence-electron chi connectivity index (χ2n) is 4.66.